The molecular formula is C21H26N8O4. The van der Waals surface area contributed by atoms with Crippen LogP contribution in [0.5, 0.6) is 0 Å². The van der Waals surface area contributed by atoms with E-state index in [2.05, 4.69) is 25.9 Å². The molecule has 1 fully saturated rings. The van der Waals surface area contributed by atoms with E-state index in [9.17, 15) is 14.4 Å². The molecule has 33 heavy (non-hydrogen) atoms. The highest BCUT2D eigenvalue weighted by atomic mass is 16.6. The monoisotopic (exact) mass is 454 g/mol. The molecule has 3 heterocycles. The van der Waals surface area contributed by atoms with E-state index in [1.54, 1.807) is 23.6 Å². The van der Waals surface area contributed by atoms with Crippen molar-refractivity contribution in [3.8, 4) is 0 Å². The van der Waals surface area contributed by atoms with E-state index in [0.29, 0.717) is 55.7 Å². The lowest BCUT2D eigenvalue weighted by atomic mass is 10.2. The molecule has 0 bridgehead atoms. The second-order valence-electron chi connectivity index (χ2n) is 7.59. The number of nitrogens with zero attached hydrogens (tertiary/aromatic N) is 6. The number of hydrazine groups is 1. The third kappa shape index (κ3) is 4.94. The average Bonchev–Trinajstić information content (AvgIpc) is 3.23. The molecule has 0 saturated carbocycles. The maximum Gasteiger partial charge on any atom is 0.409 e. The van der Waals surface area contributed by atoms with E-state index in [1.807, 2.05) is 24.3 Å². The van der Waals surface area contributed by atoms with Gasteiger partial charge in [0, 0.05) is 44.4 Å². The minimum atomic E-state index is -0.367. The molecule has 1 aliphatic heterocycles. The number of hydrogen-bond donors (Lipinski definition) is 2. The standard InChI is InChI=1S/C21H26N8O4/c1-3-33-21(32)28-12-10-27(11-13-28)18(31)9-8-17(30)24-25-20-23-16-7-5-4-6-15(16)19-22-14(2)26-29(19)20/h4-7H,3,8-13H2,1-2H3,(H,23,25)(H,24,30). The molecule has 0 atom stereocenters. The Kier molecular flexibility index (Phi) is 6.52. The Morgan fingerprint density at radius 3 is 2.52 bits per heavy atom. The summed E-state index contributed by atoms with van der Waals surface area (Å²) in [5, 5.41) is 5.19. The first kappa shape index (κ1) is 22.2. The number of piperazine rings is 1. The maximum absolute atomic E-state index is 12.5. The highest BCUT2D eigenvalue weighted by Crippen LogP contribution is 2.20. The van der Waals surface area contributed by atoms with Crippen molar-refractivity contribution in [1.29, 1.82) is 0 Å². The molecule has 1 aliphatic rings. The number of fused-ring (bicyclic) bond motifs is 3. The van der Waals surface area contributed by atoms with Crippen LogP contribution in [-0.4, -0.2) is 80.1 Å². The molecule has 0 spiro atoms. The van der Waals surface area contributed by atoms with E-state index in [0.717, 1.165) is 5.39 Å². The van der Waals surface area contributed by atoms with Crippen LogP contribution >= 0.6 is 0 Å². The summed E-state index contributed by atoms with van der Waals surface area (Å²) < 4.78 is 6.51. The third-order valence-electron chi connectivity index (χ3n) is 5.32. The van der Waals surface area contributed by atoms with Crippen LogP contribution in [0, 0.1) is 6.92 Å². The van der Waals surface area contributed by atoms with Crippen LogP contribution < -0.4 is 10.9 Å². The number of benzene rings is 1. The molecule has 2 aromatic heterocycles. The van der Waals surface area contributed by atoms with E-state index >= 15 is 0 Å². The summed E-state index contributed by atoms with van der Waals surface area (Å²) >= 11 is 0. The van der Waals surface area contributed by atoms with Gasteiger partial charge in [-0.3, -0.25) is 20.4 Å². The molecule has 3 aromatic rings. The van der Waals surface area contributed by atoms with E-state index in [4.69, 9.17) is 4.74 Å². The maximum atomic E-state index is 12.5. The Bertz CT molecular complexity index is 1190. The lowest BCUT2D eigenvalue weighted by molar-refractivity contribution is -0.134. The zero-order chi connectivity index (χ0) is 23.4. The second-order valence-corrected chi connectivity index (χ2v) is 7.59. The summed E-state index contributed by atoms with van der Waals surface area (Å²) in [5.74, 6) is 0.412. The molecule has 1 saturated heterocycles. The van der Waals surface area contributed by atoms with Gasteiger partial charge >= 0.3 is 6.09 Å². The first-order valence-electron chi connectivity index (χ1n) is 10.8. The van der Waals surface area contributed by atoms with Crippen LogP contribution in [0.15, 0.2) is 24.3 Å². The smallest absolute Gasteiger partial charge is 0.409 e. The van der Waals surface area contributed by atoms with Crippen LogP contribution in [0.4, 0.5) is 10.7 Å². The Balaban J connectivity index is 1.30. The van der Waals surface area contributed by atoms with Crippen molar-refractivity contribution in [1.82, 2.24) is 34.8 Å². The Morgan fingerprint density at radius 2 is 1.76 bits per heavy atom. The van der Waals surface area contributed by atoms with Gasteiger partial charge in [-0.25, -0.2) is 14.8 Å². The molecule has 0 aliphatic carbocycles. The van der Waals surface area contributed by atoms with Gasteiger partial charge in [0.1, 0.15) is 5.82 Å². The van der Waals surface area contributed by atoms with Gasteiger partial charge in [0.25, 0.3) is 0 Å². The predicted octanol–water partition coefficient (Wildman–Crippen LogP) is 1.11. The number of hydrogen-bond acceptors (Lipinski definition) is 8. The molecule has 12 heteroatoms. The first-order valence-corrected chi connectivity index (χ1v) is 10.8. The molecule has 4 rings (SSSR count). The highest BCUT2D eigenvalue weighted by Gasteiger charge is 2.25. The van der Waals surface area contributed by atoms with Crippen LogP contribution in [0.25, 0.3) is 16.6 Å². The second kappa shape index (κ2) is 9.67. The van der Waals surface area contributed by atoms with Crippen LogP contribution in [-0.2, 0) is 14.3 Å². The number of aromatic nitrogens is 4. The SMILES string of the molecule is CCOC(=O)N1CCN(C(=O)CCC(=O)NNc2nc3ccccc3c3nc(C)nn23)CC1. The number of nitrogens with one attached hydrogen (secondary N) is 2. The van der Waals surface area contributed by atoms with Crippen molar-refractivity contribution < 1.29 is 19.1 Å². The summed E-state index contributed by atoms with van der Waals surface area (Å²) in [7, 11) is 0. The minimum absolute atomic E-state index is 0.0109. The van der Waals surface area contributed by atoms with Crippen molar-refractivity contribution in [3.63, 3.8) is 0 Å². The molecular weight excluding hydrogens is 428 g/mol. The van der Waals surface area contributed by atoms with Gasteiger partial charge in [0.2, 0.25) is 17.8 Å². The number of para-hydroxylation sites is 1. The zero-order valence-corrected chi connectivity index (χ0v) is 18.6. The van der Waals surface area contributed by atoms with E-state index < -0.39 is 0 Å². The first-order chi connectivity index (χ1) is 16.0. The predicted molar refractivity (Wildman–Crippen MR) is 119 cm³/mol. The Morgan fingerprint density at radius 1 is 1.03 bits per heavy atom. The van der Waals surface area contributed by atoms with Gasteiger partial charge < -0.3 is 14.5 Å². The number of aryl methyl sites for hydroxylation is 1. The van der Waals surface area contributed by atoms with Crippen LogP contribution in [0.2, 0.25) is 0 Å². The summed E-state index contributed by atoms with van der Waals surface area (Å²) in [6.45, 7) is 5.52. The minimum Gasteiger partial charge on any atom is -0.450 e. The summed E-state index contributed by atoms with van der Waals surface area (Å²) in [4.78, 5) is 48.7. The van der Waals surface area contributed by atoms with E-state index in [-0.39, 0.29) is 30.7 Å². The average molecular weight is 454 g/mol. The fraction of sp³-hybridized carbons (Fsp3) is 0.429. The largest absolute Gasteiger partial charge is 0.450 e. The van der Waals surface area contributed by atoms with E-state index in [1.165, 1.54) is 4.52 Å². The number of carbonyl (C=O) groups is 3. The molecule has 2 N–H and O–H groups in total. The lowest BCUT2D eigenvalue weighted by Crippen LogP contribution is -2.50. The summed E-state index contributed by atoms with van der Waals surface area (Å²) in [6, 6.07) is 7.53. The van der Waals surface area contributed by atoms with Gasteiger partial charge in [-0.1, -0.05) is 12.1 Å². The third-order valence-corrected chi connectivity index (χ3v) is 5.32. The lowest BCUT2D eigenvalue weighted by Gasteiger charge is -2.34. The Labute approximate surface area is 189 Å². The number of rotatable bonds is 6. The fourth-order valence-corrected chi connectivity index (χ4v) is 3.66. The molecule has 3 amide bonds. The summed E-state index contributed by atoms with van der Waals surface area (Å²) in [5.41, 5.74) is 6.72. The van der Waals surface area contributed by atoms with Gasteiger partial charge in [0.15, 0.2) is 5.65 Å². The number of amides is 3. The topological polar surface area (TPSA) is 134 Å². The van der Waals surface area contributed by atoms with Crippen molar-refractivity contribution in [3.05, 3.63) is 30.1 Å². The van der Waals surface area contributed by atoms with Gasteiger partial charge in [-0.2, -0.15) is 4.52 Å². The quantitative estimate of drug-likeness (QED) is 0.529. The number of carbonyl (C=O) groups excluding carboxylic acids is 3. The van der Waals surface area contributed by atoms with Crippen molar-refractivity contribution in [2.24, 2.45) is 0 Å². The van der Waals surface area contributed by atoms with Gasteiger partial charge in [0.05, 0.1) is 12.1 Å². The molecule has 12 nitrogen and oxygen atoms in total. The molecule has 1 aromatic carbocycles. The van der Waals surface area contributed by atoms with Crippen molar-refractivity contribution >= 4 is 40.4 Å². The van der Waals surface area contributed by atoms with Crippen LogP contribution in [0.1, 0.15) is 25.6 Å². The molecule has 0 radical (unpaired) electrons. The Hall–Kier alpha value is -3.96. The number of anilines is 1. The summed E-state index contributed by atoms with van der Waals surface area (Å²) in [6.07, 6.45) is -0.290. The zero-order valence-electron chi connectivity index (χ0n) is 18.6. The van der Waals surface area contributed by atoms with Crippen LogP contribution in [0.3, 0.4) is 0 Å². The fourth-order valence-electron chi connectivity index (χ4n) is 3.66. The molecule has 0 unspecified atom stereocenters. The van der Waals surface area contributed by atoms with Crippen molar-refractivity contribution in [2.45, 2.75) is 26.7 Å². The molecule has 174 valence electrons. The van der Waals surface area contributed by atoms with Gasteiger partial charge in [-0.15, -0.1) is 5.10 Å². The number of ether oxygens (including phenoxy) is 1. The van der Waals surface area contributed by atoms with Gasteiger partial charge in [-0.05, 0) is 26.0 Å². The normalized spacial score (nSPS) is 13.9. The highest BCUT2D eigenvalue weighted by molar-refractivity contribution is 5.92. The van der Waals surface area contributed by atoms with Crippen molar-refractivity contribution in [2.75, 3.05) is 38.2 Å².